The van der Waals surface area contributed by atoms with E-state index >= 15 is 0 Å². The zero-order valence-electron chi connectivity index (χ0n) is 15.5. The average molecular weight is 364 g/mol. The number of H-pyrrole nitrogens is 1. The predicted molar refractivity (Wildman–Crippen MR) is 105 cm³/mol. The van der Waals surface area contributed by atoms with Crippen LogP contribution < -0.4 is 15.5 Å². The Balaban J connectivity index is 1.43. The number of rotatable bonds is 3. The topological polar surface area (TPSA) is 99.9 Å². The second-order valence-electron chi connectivity index (χ2n) is 7.85. The summed E-state index contributed by atoms with van der Waals surface area (Å²) >= 11 is 0. The van der Waals surface area contributed by atoms with E-state index in [9.17, 15) is 0 Å². The highest BCUT2D eigenvalue weighted by atomic mass is 15.3. The molecule has 3 aromatic rings. The summed E-state index contributed by atoms with van der Waals surface area (Å²) in [5.74, 6) is 1.73. The van der Waals surface area contributed by atoms with E-state index in [4.69, 9.17) is 15.7 Å². The van der Waals surface area contributed by atoms with Crippen LogP contribution in [0.4, 0.5) is 17.3 Å². The first-order chi connectivity index (χ1) is 13.2. The van der Waals surface area contributed by atoms with Gasteiger partial charge in [0.25, 0.3) is 0 Å². The van der Waals surface area contributed by atoms with Crippen LogP contribution in [0.25, 0.3) is 11.2 Å². The molecular formula is C19H24N8. The van der Waals surface area contributed by atoms with E-state index in [1.165, 1.54) is 0 Å². The molecule has 5 rings (SSSR count). The van der Waals surface area contributed by atoms with Crippen molar-refractivity contribution in [2.24, 2.45) is 11.1 Å². The monoisotopic (exact) mass is 364 g/mol. The Morgan fingerprint density at radius 1 is 1.22 bits per heavy atom. The number of nitrogens with one attached hydrogen (secondary N) is 1. The third kappa shape index (κ3) is 2.71. The standard InChI is InChI=1S/C19H24N8/c1-19(12-20)5-9-26(10-6-19)15-11-22-16-17(23-15)24-25-18(16)27-8-4-13-14(27)3-2-7-21-13/h2-3,7,11H,4-6,8-10,12,20H2,1H3,(H,23,24,25). The number of anilines is 3. The van der Waals surface area contributed by atoms with Gasteiger partial charge in [-0.3, -0.25) is 10.1 Å². The minimum atomic E-state index is 0.242. The van der Waals surface area contributed by atoms with Gasteiger partial charge < -0.3 is 15.5 Å². The highest BCUT2D eigenvalue weighted by molar-refractivity contribution is 5.88. The number of fused-ring (bicyclic) bond motifs is 2. The number of pyridine rings is 1. The van der Waals surface area contributed by atoms with Crippen molar-refractivity contribution >= 4 is 28.5 Å². The molecule has 1 saturated heterocycles. The van der Waals surface area contributed by atoms with E-state index in [-0.39, 0.29) is 5.41 Å². The van der Waals surface area contributed by atoms with Crippen LogP contribution in [0.2, 0.25) is 0 Å². The molecule has 8 heteroatoms. The summed E-state index contributed by atoms with van der Waals surface area (Å²) in [6.07, 6.45) is 6.78. The maximum absolute atomic E-state index is 5.92. The molecule has 0 aliphatic carbocycles. The van der Waals surface area contributed by atoms with Crippen molar-refractivity contribution in [2.75, 3.05) is 36.0 Å². The van der Waals surface area contributed by atoms with Crippen LogP contribution in [-0.4, -0.2) is 51.3 Å². The zero-order valence-corrected chi connectivity index (χ0v) is 15.5. The summed E-state index contributed by atoms with van der Waals surface area (Å²) in [7, 11) is 0. The molecule has 1 fully saturated rings. The van der Waals surface area contributed by atoms with Gasteiger partial charge in [0.2, 0.25) is 0 Å². The van der Waals surface area contributed by atoms with Gasteiger partial charge in [-0.2, -0.15) is 5.10 Å². The molecule has 0 unspecified atom stereocenters. The summed E-state index contributed by atoms with van der Waals surface area (Å²) in [4.78, 5) is 18.4. The average Bonchev–Trinajstić information content (AvgIpc) is 3.32. The SMILES string of the molecule is CC1(CN)CCN(c2cnc3c(N4CCc5ncccc54)n[nH]c3n2)CC1. The summed E-state index contributed by atoms with van der Waals surface area (Å²) in [5.41, 5.74) is 9.91. The van der Waals surface area contributed by atoms with Gasteiger partial charge in [-0.15, -0.1) is 0 Å². The number of aromatic nitrogens is 5. The van der Waals surface area contributed by atoms with Gasteiger partial charge in [0.05, 0.1) is 17.6 Å². The lowest BCUT2D eigenvalue weighted by molar-refractivity contribution is 0.258. The summed E-state index contributed by atoms with van der Waals surface area (Å²) in [6, 6.07) is 4.04. The molecule has 0 spiro atoms. The third-order valence-electron chi connectivity index (χ3n) is 6.01. The van der Waals surface area contributed by atoms with Crippen molar-refractivity contribution in [1.82, 2.24) is 25.1 Å². The van der Waals surface area contributed by atoms with E-state index in [0.717, 1.165) is 79.6 Å². The largest absolute Gasteiger partial charge is 0.355 e. The first-order valence-electron chi connectivity index (χ1n) is 9.54. The Morgan fingerprint density at radius 2 is 2.07 bits per heavy atom. The molecule has 0 aromatic carbocycles. The van der Waals surface area contributed by atoms with Crippen molar-refractivity contribution < 1.29 is 0 Å². The van der Waals surface area contributed by atoms with Gasteiger partial charge in [0.1, 0.15) is 5.82 Å². The van der Waals surface area contributed by atoms with Gasteiger partial charge >= 0.3 is 0 Å². The summed E-state index contributed by atoms with van der Waals surface area (Å²) in [5, 5.41) is 7.58. The lowest BCUT2D eigenvalue weighted by Gasteiger charge is -2.39. The van der Waals surface area contributed by atoms with E-state index in [1.807, 2.05) is 18.5 Å². The predicted octanol–water partition coefficient (Wildman–Crippen LogP) is 2.01. The van der Waals surface area contributed by atoms with Crippen LogP contribution in [-0.2, 0) is 6.42 Å². The fourth-order valence-electron chi connectivity index (χ4n) is 4.03. The van der Waals surface area contributed by atoms with E-state index in [1.54, 1.807) is 0 Å². The van der Waals surface area contributed by atoms with E-state index in [2.05, 4.69) is 38.0 Å². The van der Waals surface area contributed by atoms with Crippen molar-refractivity contribution in [1.29, 1.82) is 0 Å². The summed E-state index contributed by atoms with van der Waals surface area (Å²) in [6.45, 7) is 5.78. The molecule has 3 aromatic heterocycles. The zero-order chi connectivity index (χ0) is 18.4. The quantitative estimate of drug-likeness (QED) is 0.733. The first kappa shape index (κ1) is 16.4. The van der Waals surface area contributed by atoms with Crippen LogP contribution in [0.1, 0.15) is 25.5 Å². The Labute approximate surface area is 157 Å². The molecule has 140 valence electrons. The Kier molecular flexibility index (Phi) is 3.75. The third-order valence-corrected chi connectivity index (χ3v) is 6.01. The second-order valence-corrected chi connectivity index (χ2v) is 7.85. The highest BCUT2D eigenvalue weighted by Crippen LogP contribution is 2.36. The fourth-order valence-corrected chi connectivity index (χ4v) is 4.03. The molecule has 0 radical (unpaired) electrons. The molecule has 0 bridgehead atoms. The number of aromatic amines is 1. The minimum absolute atomic E-state index is 0.242. The molecule has 27 heavy (non-hydrogen) atoms. The molecule has 5 heterocycles. The van der Waals surface area contributed by atoms with Crippen LogP contribution in [0.3, 0.4) is 0 Å². The molecule has 2 aliphatic heterocycles. The smallest absolute Gasteiger partial charge is 0.183 e. The Morgan fingerprint density at radius 3 is 2.89 bits per heavy atom. The van der Waals surface area contributed by atoms with Gasteiger partial charge in [0.15, 0.2) is 17.0 Å². The molecule has 3 N–H and O–H groups in total. The van der Waals surface area contributed by atoms with E-state index < -0.39 is 0 Å². The van der Waals surface area contributed by atoms with Crippen LogP contribution in [0, 0.1) is 5.41 Å². The molecule has 2 aliphatic rings. The van der Waals surface area contributed by atoms with Crippen LogP contribution in [0.15, 0.2) is 24.5 Å². The molecular weight excluding hydrogens is 340 g/mol. The number of piperidine rings is 1. The van der Waals surface area contributed by atoms with Crippen LogP contribution in [0.5, 0.6) is 0 Å². The maximum atomic E-state index is 5.92. The van der Waals surface area contributed by atoms with Crippen molar-refractivity contribution in [3.8, 4) is 0 Å². The summed E-state index contributed by atoms with van der Waals surface area (Å²) < 4.78 is 0. The van der Waals surface area contributed by atoms with E-state index in [0.29, 0.717) is 0 Å². The molecule has 0 saturated carbocycles. The maximum Gasteiger partial charge on any atom is 0.183 e. The van der Waals surface area contributed by atoms with Gasteiger partial charge in [0, 0.05) is 32.3 Å². The Hall–Kier alpha value is -2.74. The first-order valence-corrected chi connectivity index (χ1v) is 9.54. The van der Waals surface area contributed by atoms with Crippen molar-refractivity contribution in [3.63, 3.8) is 0 Å². The van der Waals surface area contributed by atoms with Crippen LogP contribution >= 0.6 is 0 Å². The van der Waals surface area contributed by atoms with Gasteiger partial charge in [-0.1, -0.05) is 6.92 Å². The lowest BCUT2D eigenvalue weighted by Crippen LogP contribution is -2.42. The molecule has 0 atom stereocenters. The second kappa shape index (κ2) is 6.16. The van der Waals surface area contributed by atoms with Crippen molar-refractivity contribution in [3.05, 3.63) is 30.2 Å². The minimum Gasteiger partial charge on any atom is -0.355 e. The molecule has 0 amide bonds. The Bertz CT molecular complexity index is 973. The highest BCUT2D eigenvalue weighted by Gasteiger charge is 2.30. The molecule has 8 nitrogen and oxygen atoms in total. The van der Waals surface area contributed by atoms with Gasteiger partial charge in [-0.05, 0) is 36.9 Å². The normalized spacial score (nSPS) is 18.9. The van der Waals surface area contributed by atoms with Crippen molar-refractivity contribution in [2.45, 2.75) is 26.2 Å². The number of nitrogens with zero attached hydrogens (tertiary/aromatic N) is 6. The lowest BCUT2D eigenvalue weighted by atomic mass is 9.80. The fraction of sp³-hybridized carbons (Fsp3) is 0.474. The number of nitrogens with two attached hydrogens (primary N) is 1. The number of hydrogen-bond acceptors (Lipinski definition) is 7. The van der Waals surface area contributed by atoms with Gasteiger partial charge in [-0.25, -0.2) is 9.97 Å². The number of hydrogen-bond donors (Lipinski definition) is 2.